The third kappa shape index (κ3) is 3.79. The van der Waals surface area contributed by atoms with Gasteiger partial charge in [-0.1, -0.05) is 6.07 Å². The van der Waals surface area contributed by atoms with E-state index in [-0.39, 0.29) is 5.78 Å². The number of methoxy groups -OCH3 is 2. The molecule has 138 valence electrons. The lowest BCUT2D eigenvalue weighted by molar-refractivity contribution is -0.458. The predicted octanol–water partition coefficient (Wildman–Crippen LogP) is 4.77. The molecule has 26 heavy (non-hydrogen) atoms. The number of aryl methyl sites for hydroxylation is 1. The largest absolute Gasteiger partial charge is 0.496 e. The van der Waals surface area contributed by atoms with Crippen molar-refractivity contribution >= 4 is 22.8 Å². The number of hydrogen-bond acceptors (Lipinski definition) is 3. The zero-order chi connectivity index (χ0) is 19.4. The second kappa shape index (κ2) is 8.17. The van der Waals surface area contributed by atoms with E-state index < -0.39 is 0 Å². The summed E-state index contributed by atoms with van der Waals surface area (Å²) in [7, 11) is 3.30. The number of ether oxygens (including phenoxy) is 2. The van der Waals surface area contributed by atoms with Crippen LogP contribution in [0.3, 0.4) is 0 Å². The normalized spacial score (nSPS) is 11.4. The van der Waals surface area contributed by atoms with E-state index in [0.717, 1.165) is 33.5 Å². The van der Waals surface area contributed by atoms with Gasteiger partial charge in [-0.3, -0.25) is 4.79 Å². The minimum absolute atomic E-state index is 0.0622. The fraction of sp³-hybridized carbons (Fsp3) is 0.364. The molecule has 0 unspecified atom stereocenters. The van der Waals surface area contributed by atoms with Gasteiger partial charge < -0.3 is 9.47 Å². The van der Waals surface area contributed by atoms with Crippen LogP contribution in [0.1, 0.15) is 43.6 Å². The molecule has 0 heterocycles. The maximum atomic E-state index is 12.8. The Labute approximate surface area is 155 Å². The van der Waals surface area contributed by atoms with Crippen molar-refractivity contribution in [2.24, 2.45) is 0 Å². The lowest BCUT2D eigenvalue weighted by atomic mass is 10.00. The number of carbonyl (C=O) groups excluding carboxylic acids is 1. The van der Waals surface area contributed by atoms with E-state index >= 15 is 0 Å². The summed E-state index contributed by atoms with van der Waals surface area (Å²) in [5.74, 6) is 1.61. The summed E-state index contributed by atoms with van der Waals surface area (Å²) in [5.41, 5.74) is 3.95. The van der Waals surface area contributed by atoms with Crippen molar-refractivity contribution in [1.29, 1.82) is 0 Å². The minimum Gasteiger partial charge on any atom is -0.496 e. The summed E-state index contributed by atoms with van der Waals surface area (Å²) < 4.78 is 13.0. The Bertz CT molecular complexity index is 903. The summed E-state index contributed by atoms with van der Waals surface area (Å²) >= 11 is 0. The number of nitrogens with zero attached hydrogens (tertiary/aromatic N) is 1. The van der Waals surface area contributed by atoms with Gasteiger partial charge in [-0.25, -0.2) is 0 Å². The second-order valence-electron chi connectivity index (χ2n) is 6.58. The third-order valence-electron chi connectivity index (χ3n) is 4.76. The molecule has 0 aliphatic carbocycles. The minimum atomic E-state index is 0.0622. The van der Waals surface area contributed by atoms with Crippen molar-refractivity contribution in [2.75, 3.05) is 20.8 Å². The predicted molar refractivity (Wildman–Crippen MR) is 107 cm³/mol. The van der Waals surface area contributed by atoms with Gasteiger partial charge in [-0.2, -0.15) is 4.58 Å². The van der Waals surface area contributed by atoms with Gasteiger partial charge in [-0.15, -0.1) is 0 Å². The summed E-state index contributed by atoms with van der Waals surface area (Å²) in [6.45, 7) is 10.4. The van der Waals surface area contributed by atoms with Gasteiger partial charge in [0.15, 0.2) is 5.70 Å². The quantitative estimate of drug-likeness (QED) is 0.426. The summed E-state index contributed by atoms with van der Waals surface area (Å²) in [6, 6.07) is 7.63. The number of carbonyl (C=O) groups is 1. The van der Waals surface area contributed by atoms with Crippen LogP contribution >= 0.6 is 0 Å². The van der Waals surface area contributed by atoms with Gasteiger partial charge in [0.1, 0.15) is 17.7 Å². The number of allylic oxidation sites excluding steroid dienone is 2. The van der Waals surface area contributed by atoms with Gasteiger partial charge in [0, 0.05) is 30.2 Å². The molecule has 4 nitrogen and oxygen atoms in total. The van der Waals surface area contributed by atoms with Gasteiger partial charge >= 0.3 is 0 Å². The number of ketones is 1. The Morgan fingerprint density at radius 2 is 1.77 bits per heavy atom. The highest BCUT2D eigenvalue weighted by Gasteiger charge is 2.19. The smallest absolute Gasteiger partial charge is 0.227 e. The summed E-state index contributed by atoms with van der Waals surface area (Å²) in [6.07, 6.45) is 1.94. The van der Waals surface area contributed by atoms with E-state index in [1.807, 2.05) is 69.7 Å². The van der Waals surface area contributed by atoms with Crippen LogP contribution in [0.25, 0.3) is 10.8 Å². The van der Waals surface area contributed by atoms with Crippen molar-refractivity contribution in [3.05, 3.63) is 46.7 Å². The van der Waals surface area contributed by atoms with Crippen molar-refractivity contribution in [3.8, 4) is 11.5 Å². The highest BCUT2D eigenvalue weighted by molar-refractivity contribution is 6.03. The lowest BCUT2D eigenvalue weighted by Gasteiger charge is -2.13. The van der Waals surface area contributed by atoms with Crippen LogP contribution in [0, 0.1) is 6.92 Å². The Morgan fingerprint density at radius 3 is 2.31 bits per heavy atom. The van der Waals surface area contributed by atoms with Crippen LogP contribution in [0.4, 0.5) is 0 Å². The van der Waals surface area contributed by atoms with E-state index in [4.69, 9.17) is 9.47 Å². The average molecular weight is 354 g/mol. The molecule has 0 aliphatic rings. The Kier molecular flexibility index (Phi) is 6.19. The van der Waals surface area contributed by atoms with E-state index in [2.05, 4.69) is 0 Å². The van der Waals surface area contributed by atoms with Crippen LogP contribution in [-0.4, -0.2) is 37.3 Å². The monoisotopic (exact) mass is 354 g/mol. The van der Waals surface area contributed by atoms with Crippen molar-refractivity contribution in [3.63, 3.8) is 0 Å². The molecule has 2 aromatic rings. The lowest BCUT2D eigenvalue weighted by Crippen LogP contribution is -2.20. The first kappa shape index (κ1) is 19.7. The molecule has 0 amide bonds. The Hall–Kier alpha value is -2.62. The zero-order valence-electron chi connectivity index (χ0n) is 16.8. The van der Waals surface area contributed by atoms with Gasteiger partial charge in [0.25, 0.3) is 0 Å². The maximum absolute atomic E-state index is 12.8. The van der Waals surface area contributed by atoms with Crippen LogP contribution in [0.2, 0.25) is 0 Å². The fourth-order valence-corrected chi connectivity index (χ4v) is 3.05. The molecule has 2 rings (SSSR count). The molecule has 0 fully saturated rings. The van der Waals surface area contributed by atoms with Crippen LogP contribution in [0.15, 0.2) is 35.5 Å². The van der Waals surface area contributed by atoms with Crippen LogP contribution < -0.4 is 9.47 Å². The topological polar surface area (TPSA) is 38.5 Å². The SMILES string of the molecule is CC=[N+](CC(=O)c1ccc2c(OC)c(C)cc(OC)c2c1)C(C)=C(C)C. The molecule has 0 bridgehead atoms. The first-order chi connectivity index (χ1) is 12.3. The van der Waals surface area contributed by atoms with Crippen molar-refractivity contribution in [1.82, 2.24) is 0 Å². The molecule has 0 N–H and O–H groups in total. The molecule has 0 saturated carbocycles. The molecule has 0 spiro atoms. The highest BCUT2D eigenvalue weighted by atomic mass is 16.5. The Balaban J connectivity index is 2.50. The number of benzene rings is 2. The molecule has 0 aliphatic heterocycles. The summed E-state index contributed by atoms with van der Waals surface area (Å²) in [4.78, 5) is 12.8. The van der Waals surface area contributed by atoms with Crippen molar-refractivity contribution < 1.29 is 18.8 Å². The third-order valence-corrected chi connectivity index (χ3v) is 4.76. The Morgan fingerprint density at radius 1 is 1.08 bits per heavy atom. The second-order valence-corrected chi connectivity index (χ2v) is 6.58. The molecular weight excluding hydrogens is 326 g/mol. The number of fused-ring (bicyclic) bond motifs is 1. The first-order valence-electron chi connectivity index (χ1n) is 8.72. The standard InChI is InChI=1S/C22H28NO3/c1-8-23(16(5)14(2)3)13-20(24)17-9-10-18-19(12-17)21(25-6)11-15(4)22(18)26-7/h8-12H,13H2,1-7H3/q+1. The van der Waals surface area contributed by atoms with E-state index in [1.54, 1.807) is 14.2 Å². The molecule has 0 radical (unpaired) electrons. The average Bonchev–Trinajstić information content (AvgIpc) is 2.64. The van der Waals surface area contributed by atoms with E-state index in [0.29, 0.717) is 12.1 Å². The highest BCUT2D eigenvalue weighted by Crippen LogP contribution is 2.36. The maximum Gasteiger partial charge on any atom is 0.227 e. The van der Waals surface area contributed by atoms with Crippen molar-refractivity contribution in [2.45, 2.75) is 34.6 Å². The zero-order valence-corrected chi connectivity index (χ0v) is 16.8. The number of Topliss-reactive ketones (excluding diaryl/α,β-unsaturated/α-hetero) is 1. The van der Waals surface area contributed by atoms with Gasteiger partial charge in [-0.05, 0) is 50.1 Å². The molecule has 0 aromatic heterocycles. The molecule has 0 saturated heterocycles. The molecule has 4 heteroatoms. The van der Waals surface area contributed by atoms with E-state index in [1.165, 1.54) is 5.57 Å². The number of hydrogen-bond donors (Lipinski definition) is 0. The number of rotatable bonds is 6. The first-order valence-corrected chi connectivity index (χ1v) is 8.72. The van der Waals surface area contributed by atoms with Gasteiger partial charge in [0.2, 0.25) is 12.3 Å². The molecule has 0 atom stereocenters. The fourth-order valence-electron chi connectivity index (χ4n) is 3.05. The van der Waals surface area contributed by atoms with Crippen LogP contribution in [-0.2, 0) is 0 Å². The summed E-state index contributed by atoms with van der Waals surface area (Å²) in [5, 5.41) is 1.83. The van der Waals surface area contributed by atoms with E-state index in [9.17, 15) is 4.79 Å². The van der Waals surface area contributed by atoms with Gasteiger partial charge in [0.05, 0.1) is 14.2 Å². The molecule has 2 aromatic carbocycles. The van der Waals surface area contributed by atoms with Crippen LogP contribution in [0.5, 0.6) is 11.5 Å². The molecular formula is C22H28NO3+.